The number of benzene rings is 3. The standard InChI is InChI=1S/C22H24FN5O5S.C21H22Cl2N6O6S.C21H24N6O5S.C20H23N7O6S/c23-17-3-1-14(2-4-17)11-28-6-5-19(27-28)22(30)18-10-25-13-26-20(18)8-15-7-16(21(29)9-15)12-33-34(24,31)32;22-14-2-1-11(5-15(14)23)8-29-4-3-16(28-29)19(31)13-7-25-10-26-21(13)27-17-6-12(18(30)20(17)32)9-35-36(24,33)34;22-33(30,31)32-12-15-8-16(9-19(15)28)25-21-17(10-23-13-24-21)20(29)18-6-7-27(26-18)11-14-4-2-1-3-5-14;21-34(31,32)33-10-13-7-16(19(30)17(13)28)25-20-14(8-23-11-24-20)18(29)15-3-6-27(26-15)9-12-1-4-22-5-2-12/h1-6,10,13,15-16,21,29H,7-9,11-12H2,(H2,24,31,32);1-5,7,10,12,17-18,20,30,32H,6,8-9H2,(H2,24,33,34)(H,25,26,27);1-7,10,13,15-16,19,28H,8-9,11-12H2,(H2,22,30,31)(H,23,24,25);1-6,8,11,13,16-17,19,28,30H,7,9-10H2,(H2,21,31,32)(H,23,24,25)/t15-,16+,21-;12-,17-,18-,20+;15-,16-,19+;13-,16-,17-,19+/m0111/s1. The van der Waals surface area contributed by atoms with E-state index in [1.807, 2.05) is 42.5 Å². The van der Waals surface area contributed by atoms with Crippen molar-refractivity contribution in [1.29, 1.82) is 0 Å². The number of carbonyl (C=O) groups excluding carboxylic acids is 4. The molecule has 4 fully saturated rings. The fourth-order valence-corrected chi connectivity index (χ4v) is 17.6. The molecule has 0 radical (unpaired) electrons. The van der Waals surface area contributed by atoms with E-state index in [9.17, 15) is 87.9 Å². The Labute approximate surface area is 792 Å². The summed E-state index contributed by atoms with van der Waals surface area (Å²) in [4.78, 5) is 89.0. The first-order chi connectivity index (χ1) is 65.2. The number of rotatable bonds is 36. The normalized spacial score (nSPS) is 21.4. The summed E-state index contributed by atoms with van der Waals surface area (Å²) in [5.74, 6) is -3.54. The molecule has 9 heterocycles. The zero-order valence-electron chi connectivity index (χ0n) is 72.1. The fourth-order valence-electron chi connectivity index (χ4n) is 15.8. The lowest BCUT2D eigenvalue weighted by Crippen LogP contribution is -2.36. The number of halogens is 3. The first-order valence-electron chi connectivity index (χ1n) is 41.9. The number of aliphatic hydroxyl groups excluding tert-OH is 6. The van der Waals surface area contributed by atoms with Gasteiger partial charge in [0.15, 0.2) is 0 Å². The van der Waals surface area contributed by atoms with E-state index in [1.54, 1.807) is 111 Å². The second-order valence-corrected chi connectivity index (χ2v) is 38.1. The molecule has 12 aromatic rings. The van der Waals surface area contributed by atoms with Crippen molar-refractivity contribution in [2.75, 3.05) is 42.4 Å². The molecule has 4 aliphatic rings. The second kappa shape index (κ2) is 45.8. The summed E-state index contributed by atoms with van der Waals surface area (Å²) in [5.41, 5.74) is 5.83. The van der Waals surface area contributed by atoms with Crippen molar-refractivity contribution in [2.45, 2.75) is 126 Å². The van der Waals surface area contributed by atoms with E-state index in [4.69, 9.17) is 43.8 Å². The number of nitrogens with two attached hydrogens (primary N) is 4. The number of carbonyl (C=O) groups is 4. The van der Waals surface area contributed by atoms with Crippen molar-refractivity contribution in [2.24, 2.45) is 50.1 Å². The first-order valence-corrected chi connectivity index (χ1v) is 48.5. The molecule has 3 aromatic carbocycles. The molecular formula is C84H93Cl2FN24O22S4. The lowest BCUT2D eigenvalue weighted by atomic mass is 9.96. The Bertz CT molecular complexity index is 6690. The molecule has 17 N–H and O–H groups in total. The van der Waals surface area contributed by atoms with Crippen molar-refractivity contribution in [1.82, 2.24) is 84.0 Å². The van der Waals surface area contributed by atoms with Crippen LogP contribution in [0.4, 0.5) is 21.8 Å². The number of hydrogen-bond donors (Lipinski definition) is 13. The Balaban J connectivity index is 0.000000154. The van der Waals surface area contributed by atoms with E-state index < -0.39 is 126 Å². The molecule has 0 amide bonds. The molecule has 9 aromatic heterocycles. The first kappa shape index (κ1) is 102. The Hall–Kier alpha value is -12.2. The zero-order valence-corrected chi connectivity index (χ0v) is 76.8. The van der Waals surface area contributed by atoms with Crippen molar-refractivity contribution < 1.29 is 105 Å². The van der Waals surface area contributed by atoms with Gasteiger partial charge in [0.2, 0.25) is 23.1 Å². The van der Waals surface area contributed by atoms with Crippen molar-refractivity contribution in [3.63, 3.8) is 0 Å². The minimum absolute atomic E-state index is 0.0263. The maximum atomic E-state index is 13.2. The summed E-state index contributed by atoms with van der Waals surface area (Å²) in [6.45, 7) is 0.528. The highest BCUT2D eigenvalue weighted by Crippen LogP contribution is 2.37. The lowest BCUT2D eigenvalue weighted by molar-refractivity contribution is 0.00774. The van der Waals surface area contributed by atoms with Crippen LogP contribution in [0.15, 0.2) is 196 Å². The Morgan fingerprint density at radius 3 is 1.19 bits per heavy atom. The van der Waals surface area contributed by atoms with Crippen LogP contribution in [0.1, 0.15) is 131 Å². The molecule has 0 bridgehead atoms. The van der Waals surface area contributed by atoms with Crippen LogP contribution in [0.2, 0.25) is 10.0 Å². The largest absolute Gasteiger partial charge is 0.393 e. The highest BCUT2D eigenvalue weighted by molar-refractivity contribution is 7.85. The summed E-state index contributed by atoms with van der Waals surface area (Å²) in [6.07, 6.45) is 16.5. The average molecular weight is 2010 g/mol. The Morgan fingerprint density at radius 1 is 0.394 bits per heavy atom. The van der Waals surface area contributed by atoms with Gasteiger partial charge in [0, 0.05) is 91.7 Å². The van der Waals surface area contributed by atoms with Gasteiger partial charge in [-0.3, -0.25) is 59.6 Å². The number of nitrogens with one attached hydrogen (secondary N) is 3. The summed E-state index contributed by atoms with van der Waals surface area (Å²) >= 11 is 12.0. The third kappa shape index (κ3) is 29.2. The highest BCUT2D eigenvalue weighted by atomic mass is 35.5. The number of anilines is 3. The van der Waals surface area contributed by atoms with Crippen LogP contribution in [0.25, 0.3) is 0 Å². The molecule has 53 heteroatoms. The van der Waals surface area contributed by atoms with Crippen LogP contribution in [-0.2, 0) is 90.5 Å². The van der Waals surface area contributed by atoms with E-state index in [0.29, 0.717) is 85.4 Å². The number of nitrogens with zero attached hydrogens (tertiary/aromatic N) is 17. The molecule has 14 atom stereocenters. The summed E-state index contributed by atoms with van der Waals surface area (Å²) < 4.78 is 126. The van der Waals surface area contributed by atoms with Crippen LogP contribution in [0.5, 0.6) is 0 Å². The summed E-state index contributed by atoms with van der Waals surface area (Å²) in [5, 5.41) is 109. The quantitative estimate of drug-likeness (QED) is 0.0250. The maximum Gasteiger partial charge on any atom is 0.333 e. The molecule has 0 aliphatic heterocycles. The second-order valence-electron chi connectivity index (χ2n) is 32.4. The molecule has 16 rings (SSSR count). The number of aromatic nitrogens is 17. The zero-order chi connectivity index (χ0) is 98.0. The van der Waals surface area contributed by atoms with Gasteiger partial charge < -0.3 is 46.6 Å². The minimum Gasteiger partial charge on any atom is -0.393 e. The average Bonchev–Trinajstić information content (AvgIpc) is 1.59. The number of ketones is 4. The third-order valence-electron chi connectivity index (χ3n) is 22.5. The number of aliphatic hydroxyl groups is 6. The van der Waals surface area contributed by atoms with Gasteiger partial charge in [-0.15, -0.1) is 0 Å². The Kier molecular flexibility index (Phi) is 34.2. The molecular weight excluding hydrogens is 1920 g/mol. The molecule has 46 nitrogen and oxygen atoms in total. The van der Waals surface area contributed by atoms with Gasteiger partial charge in [0.25, 0.3) is 0 Å². The van der Waals surface area contributed by atoms with Gasteiger partial charge in [-0.25, -0.2) is 64.8 Å². The summed E-state index contributed by atoms with van der Waals surface area (Å²) in [6, 6.07) is 29.3. The predicted molar refractivity (Wildman–Crippen MR) is 484 cm³/mol. The molecule has 0 saturated heterocycles. The molecule has 0 unspecified atom stereocenters. The fraction of sp³-hybridized carbons (Fsp3) is 0.345. The third-order valence-corrected chi connectivity index (χ3v) is 25.1. The van der Waals surface area contributed by atoms with Gasteiger partial charge >= 0.3 is 41.2 Å². The van der Waals surface area contributed by atoms with Gasteiger partial charge in [-0.2, -0.15) is 54.1 Å². The van der Waals surface area contributed by atoms with E-state index in [-0.39, 0.29) is 119 Å². The van der Waals surface area contributed by atoms with Gasteiger partial charge in [-0.1, -0.05) is 71.7 Å². The predicted octanol–water partition coefficient (Wildman–Crippen LogP) is 2.06. The monoisotopic (exact) mass is 2010 g/mol. The maximum absolute atomic E-state index is 13.2. The molecule has 4 saturated carbocycles. The van der Waals surface area contributed by atoms with E-state index in [0.717, 1.165) is 22.3 Å². The Morgan fingerprint density at radius 2 is 0.759 bits per heavy atom. The minimum atomic E-state index is -4.20. The van der Waals surface area contributed by atoms with Crippen LogP contribution in [0, 0.1) is 35.4 Å². The van der Waals surface area contributed by atoms with E-state index >= 15 is 0 Å². The highest BCUT2D eigenvalue weighted by Gasteiger charge is 2.45. The SMILES string of the molecule is NS(=O)(=O)OC[C@H]1C[C@@H](Cc2ncncc2C(=O)c2ccn(Cc3ccc(F)cc3)n2)C[C@@H]1O.NS(=O)(=O)OC[C@H]1C[C@@H](Nc2ncncc2C(=O)c2ccn(Cc3ccc(Cl)c(Cl)c3)n2)[C@H](O)[C@@H]1O.NS(=O)(=O)OC[C@H]1C[C@@H](Nc2ncncc2C(=O)c2ccn(Cc3ccccc3)n2)C[C@@H]1O.NS(=O)(=O)OC[C@H]1C[C@@H](Nc2ncncc2C(=O)c2ccn(Cc3ccncc3)n2)[C@H](O)[C@@H]1O. The van der Waals surface area contributed by atoms with Crippen molar-refractivity contribution in [3.05, 3.63) is 285 Å². The summed E-state index contributed by atoms with van der Waals surface area (Å²) in [7, 11) is -16.6. The van der Waals surface area contributed by atoms with Crippen LogP contribution >= 0.6 is 23.2 Å². The van der Waals surface area contributed by atoms with Gasteiger partial charge in [-0.05, 0) is 134 Å². The molecule has 137 heavy (non-hydrogen) atoms. The van der Waals surface area contributed by atoms with Crippen LogP contribution < -0.4 is 36.5 Å². The van der Waals surface area contributed by atoms with Crippen LogP contribution in [0.3, 0.4) is 0 Å². The van der Waals surface area contributed by atoms with Crippen molar-refractivity contribution >= 4 is 105 Å². The number of hydrogen-bond acceptors (Lipinski definition) is 38. The van der Waals surface area contributed by atoms with E-state index in [1.165, 1.54) is 62.2 Å². The smallest absolute Gasteiger partial charge is 0.333 e. The lowest BCUT2D eigenvalue weighted by Gasteiger charge is -2.19. The van der Waals surface area contributed by atoms with Crippen molar-refractivity contribution in [3.8, 4) is 0 Å². The molecule has 726 valence electrons. The molecule has 4 aliphatic carbocycles. The van der Waals surface area contributed by atoms with Gasteiger partial charge in [0.05, 0.1) is 127 Å². The topological polar surface area (TPSA) is 691 Å². The number of pyridine rings is 1. The van der Waals surface area contributed by atoms with Crippen LogP contribution in [-0.4, -0.2) is 253 Å². The van der Waals surface area contributed by atoms with E-state index in [2.05, 4.69) is 97.9 Å². The molecule has 0 spiro atoms. The van der Waals surface area contributed by atoms with Gasteiger partial charge in [0.1, 0.15) is 83.6 Å².